The van der Waals surface area contributed by atoms with Crippen LogP contribution in [0.15, 0.2) is 12.1 Å². The Morgan fingerprint density at radius 1 is 1.29 bits per heavy atom. The van der Waals surface area contributed by atoms with Crippen LogP contribution >= 0.6 is 11.6 Å². The second-order valence-corrected chi connectivity index (χ2v) is 5.51. The fourth-order valence-electron chi connectivity index (χ4n) is 3.01. The molecular weight excluding hydrogens is 237 g/mol. The van der Waals surface area contributed by atoms with Gasteiger partial charge in [0, 0.05) is 17.0 Å². The van der Waals surface area contributed by atoms with Crippen molar-refractivity contribution in [3.63, 3.8) is 0 Å². The van der Waals surface area contributed by atoms with E-state index in [1.165, 1.54) is 25.3 Å². The van der Waals surface area contributed by atoms with E-state index in [0.29, 0.717) is 11.6 Å². The molecule has 17 heavy (non-hydrogen) atoms. The first kappa shape index (κ1) is 12.8. The van der Waals surface area contributed by atoms with E-state index in [4.69, 9.17) is 17.3 Å². The van der Waals surface area contributed by atoms with Crippen molar-refractivity contribution in [2.45, 2.75) is 44.4 Å². The van der Waals surface area contributed by atoms with E-state index < -0.39 is 0 Å². The first-order chi connectivity index (χ1) is 8.09. The Labute approximate surface area is 107 Å². The molecule has 0 amide bonds. The van der Waals surface area contributed by atoms with Gasteiger partial charge in [0.1, 0.15) is 5.82 Å². The summed E-state index contributed by atoms with van der Waals surface area (Å²) >= 11 is 6.08. The number of halogens is 2. The van der Waals surface area contributed by atoms with Crippen LogP contribution in [0.4, 0.5) is 4.39 Å². The van der Waals surface area contributed by atoms with Gasteiger partial charge in [0.15, 0.2) is 0 Å². The number of benzene rings is 1. The van der Waals surface area contributed by atoms with Gasteiger partial charge in [-0.15, -0.1) is 0 Å². The summed E-state index contributed by atoms with van der Waals surface area (Å²) in [6.07, 6.45) is 5.69. The lowest BCUT2D eigenvalue weighted by Gasteiger charge is -2.38. The van der Waals surface area contributed by atoms with Gasteiger partial charge in [-0.2, -0.15) is 0 Å². The van der Waals surface area contributed by atoms with E-state index in [9.17, 15) is 4.39 Å². The van der Waals surface area contributed by atoms with Gasteiger partial charge >= 0.3 is 0 Å². The molecule has 0 spiro atoms. The Morgan fingerprint density at radius 2 is 1.94 bits per heavy atom. The van der Waals surface area contributed by atoms with E-state index in [1.54, 1.807) is 6.07 Å². The van der Waals surface area contributed by atoms with Crippen LogP contribution in [0.25, 0.3) is 0 Å². The van der Waals surface area contributed by atoms with Crippen molar-refractivity contribution >= 4 is 11.6 Å². The average molecular weight is 256 g/mol. The third-order valence-electron chi connectivity index (χ3n) is 4.08. The van der Waals surface area contributed by atoms with Crippen LogP contribution in [0.3, 0.4) is 0 Å². The summed E-state index contributed by atoms with van der Waals surface area (Å²) < 4.78 is 13.5. The normalized spacial score (nSPS) is 19.3. The summed E-state index contributed by atoms with van der Waals surface area (Å²) in [5, 5.41) is 0.512. The molecule has 2 N–H and O–H groups in total. The van der Waals surface area contributed by atoms with Crippen molar-refractivity contribution in [2.75, 3.05) is 6.54 Å². The standard InChI is InChI=1S/C14H19ClFN/c1-10-12(7-11(16)8-13(10)15)14(9-17)5-3-2-4-6-14/h7-8H,2-6,9,17H2,1H3. The van der Waals surface area contributed by atoms with Crippen LogP contribution < -0.4 is 5.73 Å². The second kappa shape index (κ2) is 4.95. The van der Waals surface area contributed by atoms with Gasteiger partial charge in [-0.05, 0) is 43.0 Å². The van der Waals surface area contributed by atoms with Crippen molar-refractivity contribution < 1.29 is 4.39 Å². The van der Waals surface area contributed by atoms with Crippen molar-refractivity contribution in [1.29, 1.82) is 0 Å². The van der Waals surface area contributed by atoms with E-state index in [0.717, 1.165) is 24.0 Å². The highest BCUT2D eigenvalue weighted by Crippen LogP contribution is 2.41. The summed E-state index contributed by atoms with van der Waals surface area (Å²) in [4.78, 5) is 0. The minimum atomic E-state index is -0.256. The number of hydrogen-bond acceptors (Lipinski definition) is 1. The zero-order valence-electron chi connectivity index (χ0n) is 10.2. The highest BCUT2D eigenvalue weighted by molar-refractivity contribution is 6.31. The van der Waals surface area contributed by atoms with E-state index >= 15 is 0 Å². The van der Waals surface area contributed by atoms with Crippen LogP contribution in [0.5, 0.6) is 0 Å². The first-order valence-corrected chi connectivity index (χ1v) is 6.63. The van der Waals surface area contributed by atoms with Gasteiger partial charge in [0.25, 0.3) is 0 Å². The largest absolute Gasteiger partial charge is 0.330 e. The molecule has 1 nitrogen and oxygen atoms in total. The summed E-state index contributed by atoms with van der Waals surface area (Å²) in [7, 11) is 0. The van der Waals surface area contributed by atoms with Crippen LogP contribution in [-0.2, 0) is 5.41 Å². The topological polar surface area (TPSA) is 26.0 Å². The predicted molar refractivity (Wildman–Crippen MR) is 70.0 cm³/mol. The third kappa shape index (κ3) is 2.34. The highest BCUT2D eigenvalue weighted by atomic mass is 35.5. The predicted octanol–water partition coefficient (Wildman–Crippen LogP) is 3.95. The molecule has 1 fully saturated rings. The minimum Gasteiger partial charge on any atom is -0.330 e. The smallest absolute Gasteiger partial charge is 0.125 e. The van der Waals surface area contributed by atoms with Crippen LogP contribution in [0.2, 0.25) is 5.02 Å². The fourth-order valence-corrected chi connectivity index (χ4v) is 3.21. The maximum Gasteiger partial charge on any atom is 0.125 e. The minimum absolute atomic E-state index is 0.0614. The molecule has 2 rings (SSSR count). The molecule has 0 heterocycles. The number of hydrogen-bond donors (Lipinski definition) is 1. The lowest BCUT2D eigenvalue weighted by molar-refractivity contribution is 0.298. The van der Waals surface area contributed by atoms with Gasteiger partial charge in [0.05, 0.1) is 0 Å². The monoisotopic (exact) mass is 255 g/mol. The Balaban J connectivity index is 2.49. The highest BCUT2D eigenvalue weighted by Gasteiger charge is 2.34. The molecule has 3 heteroatoms. The van der Waals surface area contributed by atoms with Crippen molar-refractivity contribution in [1.82, 2.24) is 0 Å². The maximum absolute atomic E-state index is 13.5. The molecule has 94 valence electrons. The molecule has 0 radical (unpaired) electrons. The Bertz CT molecular complexity index is 411. The van der Waals surface area contributed by atoms with Gasteiger partial charge < -0.3 is 5.73 Å². The molecular formula is C14H19ClFN. The molecule has 1 aromatic rings. The lowest BCUT2D eigenvalue weighted by Crippen LogP contribution is -2.38. The quantitative estimate of drug-likeness (QED) is 0.851. The molecule has 0 saturated heterocycles. The second-order valence-electron chi connectivity index (χ2n) is 5.11. The Morgan fingerprint density at radius 3 is 2.53 bits per heavy atom. The van der Waals surface area contributed by atoms with Gasteiger partial charge in [-0.1, -0.05) is 30.9 Å². The third-order valence-corrected chi connectivity index (χ3v) is 4.47. The molecule has 0 aliphatic heterocycles. The molecule has 0 bridgehead atoms. The SMILES string of the molecule is Cc1c(Cl)cc(F)cc1C1(CN)CCCCC1. The van der Waals surface area contributed by atoms with Crippen LogP contribution in [0, 0.1) is 12.7 Å². The van der Waals surface area contributed by atoms with Crippen LogP contribution in [0.1, 0.15) is 43.2 Å². The van der Waals surface area contributed by atoms with Crippen molar-refractivity contribution in [3.8, 4) is 0 Å². The van der Waals surface area contributed by atoms with E-state index in [-0.39, 0.29) is 11.2 Å². The number of rotatable bonds is 2. The Kier molecular flexibility index (Phi) is 3.74. The van der Waals surface area contributed by atoms with Gasteiger partial charge in [-0.3, -0.25) is 0 Å². The molecule has 0 atom stereocenters. The summed E-state index contributed by atoms with van der Waals surface area (Å²) in [6, 6.07) is 3.01. The Hall–Kier alpha value is -0.600. The molecule has 0 aromatic heterocycles. The summed E-state index contributed by atoms with van der Waals surface area (Å²) in [6.45, 7) is 2.54. The zero-order valence-corrected chi connectivity index (χ0v) is 11.0. The van der Waals surface area contributed by atoms with E-state index in [1.807, 2.05) is 6.92 Å². The maximum atomic E-state index is 13.5. The molecule has 0 unspecified atom stereocenters. The molecule has 1 aromatic carbocycles. The van der Waals surface area contributed by atoms with E-state index in [2.05, 4.69) is 0 Å². The summed E-state index contributed by atoms with van der Waals surface area (Å²) in [5.41, 5.74) is 7.92. The molecule has 1 saturated carbocycles. The van der Waals surface area contributed by atoms with Crippen molar-refractivity contribution in [2.24, 2.45) is 5.73 Å². The molecule has 1 aliphatic carbocycles. The van der Waals surface area contributed by atoms with Crippen LogP contribution in [-0.4, -0.2) is 6.54 Å². The van der Waals surface area contributed by atoms with Gasteiger partial charge in [0.2, 0.25) is 0 Å². The number of nitrogens with two attached hydrogens (primary N) is 1. The zero-order chi connectivity index (χ0) is 12.5. The summed E-state index contributed by atoms with van der Waals surface area (Å²) in [5.74, 6) is -0.256. The molecule has 1 aliphatic rings. The lowest BCUT2D eigenvalue weighted by atomic mass is 9.68. The van der Waals surface area contributed by atoms with Crippen molar-refractivity contribution in [3.05, 3.63) is 34.1 Å². The first-order valence-electron chi connectivity index (χ1n) is 6.25. The fraction of sp³-hybridized carbons (Fsp3) is 0.571. The average Bonchev–Trinajstić information content (AvgIpc) is 2.34. The van der Waals surface area contributed by atoms with Gasteiger partial charge in [-0.25, -0.2) is 4.39 Å².